The largest absolute Gasteiger partial charge is 0.488 e. The van der Waals surface area contributed by atoms with E-state index in [4.69, 9.17) is 4.74 Å². The van der Waals surface area contributed by atoms with Gasteiger partial charge in [0.1, 0.15) is 17.4 Å². The van der Waals surface area contributed by atoms with E-state index in [-0.39, 0.29) is 5.92 Å². The van der Waals surface area contributed by atoms with Crippen molar-refractivity contribution in [2.45, 2.75) is 39.2 Å². The molecule has 0 bridgehead atoms. The molecule has 0 saturated heterocycles. The second-order valence-electron chi connectivity index (χ2n) is 6.97. The molecule has 1 heterocycles. The first-order valence-corrected chi connectivity index (χ1v) is 9.84. The molecule has 1 aliphatic carbocycles. The van der Waals surface area contributed by atoms with E-state index in [1.54, 1.807) is 11.3 Å². The van der Waals surface area contributed by atoms with Crippen LogP contribution < -0.4 is 4.74 Å². The third-order valence-corrected chi connectivity index (χ3v) is 6.23. The number of carboxylic acids is 1. The molecule has 1 aliphatic rings. The SMILES string of the molecule is Cc1ccc(-c2nc(C)c(COc3ccc4c(c3)CCC4C(=O)O)s2)cc1. The first-order chi connectivity index (χ1) is 13.0. The minimum Gasteiger partial charge on any atom is -0.488 e. The Hall–Kier alpha value is -2.66. The fraction of sp³-hybridized carbons (Fsp3) is 0.273. The van der Waals surface area contributed by atoms with E-state index in [0.29, 0.717) is 13.0 Å². The van der Waals surface area contributed by atoms with Crippen molar-refractivity contribution in [3.05, 3.63) is 69.7 Å². The molecule has 1 aromatic heterocycles. The second-order valence-corrected chi connectivity index (χ2v) is 8.06. The fourth-order valence-electron chi connectivity index (χ4n) is 3.47. The number of fused-ring (bicyclic) bond motifs is 1. The highest BCUT2D eigenvalue weighted by atomic mass is 32.1. The van der Waals surface area contributed by atoms with E-state index in [2.05, 4.69) is 36.2 Å². The number of aryl methyl sites for hydroxylation is 3. The maximum absolute atomic E-state index is 11.3. The Morgan fingerprint density at radius 3 is 2.74 bits per heavy atom. The van der Waals surface area contributed by atoms with Crippen LogP contribution >= 0.6 is 11.3 Å². The van der Waals surface area contributed by atoms with Gasteiger partial charge in [0.15, 0.2) is 0 Å². The van der Waals surface area contributed by atoms with Crippen LogP contribution in [0.5, 0.6) is 5.75 Å². The van der Waals surface area contributed by atoms with Gasteiger partial charge in [-0.15, -0.1) is 11.3 Å². The number of hydrogen-bond donors (Lipinski definition) is 1. The third kappa shape index (κ3) is 3.60. The standard InChI is InChI=1S/C22H21NO3S/c1-13-3-5-15(6-4-13)21-23-14(2)20(27-21)12-26-17-8-10-18-16(11-17)7-9-19(18)22(24)25/h3-6,8,10-11,19H,7,9,12H2,1-2H3,(H,24,25). The number of aliphatic carboxylic acids is 1. The Morgan fingerprint density at radius 2 is 2.00 bits per heavy atom. The van der Waals surface area contributed by atoms with Crippen LogP contribution in [0.4, 0.5) is 0 Å². The first-order valence-electron chi connectivity index (χ1n) is 9.03. The Balaban J connectivity index is 1.48. The van der Waals surface area contributed by atoms with E-state index in [9.17, 15) is 9.90 Å². The number of benzene rings is 2. The summed E-state index contributed by atoms with van der Waals surface area (Å²) >= 11 is 1.65. The quantitative estimate of drug-likeness (QED) is 0.668. The Kier molecular flexibility index (Phi) is 4.70. The number of carbonyl (C=O) groups is 1. The number of rotatable bonds is 5. The zero-order chi connectivity index (χ0) is 19.0. The van der Waals surface area contributed by atoms with Gasteiger partial charge in [-0.25, -0.2) is 4.98 Å². The van der Waals surface area contributed by atoms with Crippen LogP contribution in [-0.4, -0.2) is 16.1 Å². The summed E-state index contributed by atoms with van der Waals surface area (Å²) in [4.78, 5) is 17.1. The van der Waals surface area contributed by atoms with Gasteiger partial charge < -0.3 is 9.84 Å². The predicted molar refractivity (Wildman–Crippen MR) is 106 cm³/mol. The van der Waals surface area contributed by atoms with E-state index < -0.39 is 5.97 Å². The van der Waals surface area contributed by atoms with Gasteiger partial charge in [0.2, 0.25) is 0 Å². The van der Waals surface area contributed by atoms with Crippen molar-refractivity contribution < 1.29 is 14.6 Å². The minimum atomic E-state index is -0.744. The van der Waals surface area contributed by atoms with Gasteiger partial charge in [-0.3, -0.25) is 4.79 Å². The molecule has 0 amide bonds. The summed E-state index contributed by atoms with van der Waals surface area (Å²) in [6.07, 6.45) is 1.46. The lowest BCUT2D eigenvalue weighted by Gasteiger charge is -2.09. The number of aromatic nitrogens is 1. The van der Waals surface area contributed by atoms with Crippen LogP contribution in [0.3, 0.4) is 0 Å². The van der Waals surface area contributed by atoms with Crippen LogP contribution in [-0.2, 0) is 17.8 Å². The van der Waals surface area contributed by atoms with Gasteiger partial charge in [-0.05, 0) is 49.9 Å². The predicted octanol–water partition coefficient (Wildman–Crippen LogP) is 5.12. The van der Waals surface area contributed by atoms with E-state index >= 15 is 0 Å². The monoisotopic (exact) mass is 379 g/mol. The molecule has 4 nitrogen and oxygen atoms in total. The zero-order valence-electron chi connectivity index (χ0n) is 15.4. The topological polar surface area (TPSA) is 59.4 Å². The minimum absolute atomic E-state index is 0.380. The summed E-state index contributed by atoms with van der Waals surface area (Å²) in [6.45, 7) is 4.55. The maximum atomic E-state index is 11.3. The van der Waals surface area contributed by atoms with E-state index in [0.717, 1.165) is 44.4 Å². The molecule has 3 aromatic rings. The van der Waals surface area contributed by atoms with Crippen molar-refractivity contribution in [2.75, 3.05) is 0 Å². The van der Waals surface area contributed by atoms with Crippen LogP contribution in [0.15, 0.2) is 42.5 Å². The highest BCUT2D eigenvalue weighted by Crippen LogP contribution is 2.36. The molecule has 1 atom stereocenters. The summed E-state index contributed by atoms with van der Waals surface area (Å²) < 4.78 is 5.99. The molecule has 0 spiro atoms. The van der Waals surface area contributed by atoms with E-state index in [1.165, 1.54) is 5.56 Å². The molecule has 27 heavy (non-hydrogen) atoms. The van der Waals surface area contributed by atoms with Gasteiger partial charge in [0, 0.05) is 5.56 Å². The molecule has 2 aromatic carbocycles. The molecule has 5 heteroatoms. The van der Waals surface area contributed by atoms with Crippen LogP contribution in [0.1, 0.15) is 39.6 Å². The van der Waals surface area contributed by atoms with E-state index in [1.807, 2.05) is 25.1 Å². The second kappa shape index (κ2) is 7.16. The molecular weight excluding hydrogens is 358 g/mol. The molecule has 0 aliphatic heterocycles. The van der Waals surface area contributed by atoms with Crippen molar-refractivity contribution in [1.29, 1.82) is 0 Å². The lowest BCUT2D eigenvalue weighted by atomic mass is 10.0. The van der Waals surface area contributed by atoms with Gasteiger partial charge in [0.25, 0.3) is 0 Å². The Bertz CT molecular complexity index is 991. The van der Waals surface area contributed by atoms with Crippen LogP contribution in [0, 0.1) is 13.8 Å². The average molecular weight is 379 g/mol. The summed E-state index contributed by atoms with van der Waals surface area (Å²) in [6, 6.07) is 14.1. The number of hydrogen-bond acceptors (Lipinski definition) is 4. The van der Waals surface area contributed by atoms with Crippen LogP contribution in [0.25, 0.3) is 10.6 Å². The highest BCUT2D eigenvalue weighted by molar-refractivity contribution is 7.15. The lowest BCUT2D eigenvalue weighted by Crippen LogP contribution is -2.07. The molecule has 1 N–H and O–H groups in total. The van der Waals surface area contributed by atoms with Crippen molar-refractivity contribution in [1.82, 2.24) is 4.98 Å². The molecule has 0 fully saturated rings. The highest BCUT2D eigenvalue weighted by Gasteiger charge is 2.28. The molecule has 0 radical (unpaired) electrons. The summed E-state index contributed by atoms with van der Waals surface area (Å²) in [5.41, 5.74) is 5.35. The first kappa shape index (κ1) is 17.7. The van der Waals surface area contributed by atoms with Crippen LogP contribution in [0.2, 0.25) is 0 Å². The molecule has 138 valence electrons. The van der Waals surface area contributed by atoms with Gasteiger partial charge in [-0.2, -0.15) is 0 Å². The average Bonchev–Trinajstić information content (AvgIpc) is 3.23. The fourth-order valence-corrected chi connectivity index (χ4v) is 4.45. The summed E-state index contributed by atoms with van der Waals surface area (Å²) in [7, 11) is 0. The van der Waals surface area contributed by atoms with Gasteiger partial charge in [-0.1, -0.05) is 35.9 Å². The molecular formula is C22H21NO3S. The third-order valence-electron chi connectivity index (χ3n) is 5.05. The molecule has 0 saturated carbocycles. The zero-order valence-corrected chi connectivity index (χ0v) is 16.2. The van der Waals surface area contributed by atoms with Gasteiger partial charge in [0.05, 0.1) is 16.5 Å². The summed E-state index contributed by atoms with van der Waals surface area (Å²) in [5.74, 6) is -0.342. The lowest BCUT2D eigenvalue weighted by molar-refractivity contribution is -0.138. The number of carboxylic acid groups (broad SMARTS) is 1. The molecule has 1 unspecified atom stereocenters. The number of nitrogens with zero attached hydrogens (tertiary/aromatic N) is 1. The summed E-state index contributed by atoms with van der Waals surface area (Å²) in [5, 5.41) is 10.3. The Labute approximate surface area is 162 Å². The smallest absolute Gasteiger partial charge is 0.310 e. The normalized spacial score (nSPS) is 15.6. The van der Waals surface area contributed by atoms with Gasteiger partial charge >= 0.3 is 5.97 Å². The molecule has 4 rings (SSSR count). The van der Waals surface area contributed by atoms with Crippen molar-refractivity contribution in [2.24, 2.45) is 0 Å². The maximum Gasteiger partial charge on any atom is 0.310 e. The van der Waals surface area contributed by atoms with Crippen molar-refractivity contribution in [3.8, 4) is 16.3 Å². The number of thiazole rings is 1. The van der Waals surface area contributed by atoms with Crippen molar-refractivity contribution >= 4 is 17.3 Å². The van der Waals surface area contributed by atoms with Crippen molar-refractivity contribution in [3.63, 3.8) is 0 Å². The Morgan fingerprint density at radius 1 is 1.22 bits per heavy atom. The number of ether oxygens (including phenoxy) is 1.